The lowest BCUT2D eigenvalue weighted by molar-refractivity contribution is 0.0242. The molecule has 0 fully saturated rings. The van der Waals surface area contributed by atoms with Crippen LogP contribution in [0.4, 0.5) is 4.79 Å². The highest BCUT2D eigenvalue weighted by molar-refractivity contribution is 6.77. The summed E-state index contributed by atoms with van der Waals surface area (Å²) >= 11 is 0. The van der Waals surface area contributed by atoms with E-state index in [2.05, 4.69) is 74.1 Å². The van der Waals surface area contributed by atoms with Crippen LogP contribution < -0.4 is 0 Å². The quantitative estimate of drug-likeness (QED) is 0.234. The van der Waals surface area contributed by atoms with Crippen LogP contribution in [-0.2, 0) is 9.16 Å². The number of rotatable bonds is 12. The minimum Gasteiger partial charge on any atom is -0.444 e. The molecule has 0 aromatic rings. The molecule has 0 aromatic carbocycles. The van der Waals surface area contributed by atoms with Gasteiger partial charge in [0.2, 0.25) is 0 Å². The molecule has 0 heterocycles. The second-order valence-corrected chi connectivity index (χ2v) is 16.2. The average molecular weight is 440 g/mol. The molecule has 0 unspecified atom stereocenters. The number of carbonyl (C=O) groups excluding carboxylic acids is 1. The Morgan fingerprint density at radius 1 is 0.967 bits per heavy atom. The lowest BCUT2D eigenvalue weighted by Crippen LogP contribution is -2.49. The maximum absolute atomic E-state index is 12.7. The van der Waals surface area contributed by atoms with Crippen LogP contribution >= 0.6 is 0 Å². The normalized spacial score (nSPS) is 14.2. The minimum atomic E-state index is -1.97. The largest absolute Gasteiger partial charge is 0.444 e. The van der Waals surface area contributed by atoms with Crippen LogP contribution in [0.25, 0.3) is 0 Å². The van der Waals surface area contributed by atoms with Gasteiger partial charge in [0.05, 0.1) is 0 Å². The Morgan fingerprint density at radius 2 is 1.47 bits per heavy atom. The van der Waals surface area contributed by atoms with Crippen LogP contribution in [0, 0.1) is 11.8 Å². The lowest BCUT2D eigenvalue weighted by atomic mass is 10.1. The first-order valence-corrected chi connectivity index (χ1v) is 13.7. The number of nitrogens with zero attached hydrogens (tertiary/aromatic N) is 1. The van der Waals surface area contributed by atoms with E-state index in [-0.39, 0.29) is 12.0 Å². The van der Waals surface area contributed by atoms with Crippen LogP contribution in [0.1, 0.15) is 76.2 Å². The van der Waals surface area contributed by atoms with Gasteiger partial charge in [-0.3, -0.25) is 0 Å². The summed E-state index contributed by atoms with van der Waals surface area (Å²) in [6, 6.07) is 0. The standard InChI is InChI=1S/C25H49NO3Si/c1-13-16-26(24(27)29-25(10,11)12)17-23(15-14-19(2)3)18-28-30(20(4)5,21(6)7)22(8)9/h13-15,19-23H,1,16-18H2,2-12H3/b15-14+/t23-/m1/s1. The number of amides is 1. The van der Waals surface area contributed by atoms with Crippen molar-refractivity contribution in [2.24, 2.45) is 11.8 Å². The molecule has 0 aliphatic rings. The van der Waals surface area contributed by atoms with Crippen LogP contribution in [-0.4, -0.2) is 44.6 Å². The molecule has 1 amide bonds. The van der Waals surface area contributed by atoms with E-state index in [1.165, 1.54) is 0 Å². The first kappa shape index (κ1) is 28.9. The molecule has 0 aliphatic carbocycles. The monoisotopic (exact) mass is 439 g/mol. The molecule has 0 N–H and O–H groups in total. The molecule has 0 radical (unpaired) electrons. The predicted octanol–water partition coefficient (Wildman–Crippen LogP) is 7.43. The summed E-state index contributed by atoms with van der Waals surface area (Å²) in [6.07, 6.45) is 5.87. The highest BCUT2D eigenvalue weighted by Gasteiger charge is 2.45. The van der Waals surface area contributed by atoms with Gasteiger partial charge in [0.15, 0.2) is 8.32 Å². The molecule has 4 nitrogen and oxygen atoms in total. The van der Waals surface area contributed by atoms with Crippen LogP contribution in [0.3, 0.4) is 0 Å². The van der Waals surface area contributed by atoms with Gasteiger partial charge in [-0.2, -0.15) is 0 Å². The van der Waals surface area contributed by atoms with Crippen LogP contribution in [0.2, 0.25) is 16.6 Å². The zero-order chi connectivity index (χ0) is 23.7. The molecule has 0 saturated heterocycles. The molecular weight excluding hydrogens is 390 g/mol. The third kappa shape index (κ3) is 9.38. The maximum atomic E-state index is 12.7. The van der Waals surface area contributed by atoms with E-state index < -0.39 is 13.9 Å². The fourth-order valence-electron chi connectivity index (χ4n) is 4.29. The molecule has 0 saturated carbocycles. The van der Waals surface area contributed by atoms with E-state index in [9.17, 15) is 4.79 Å². The van der Waals surface area contributed by atoms with E-state index in [0.717, 1.165) is 0 Å². The zero-order valence-corrected chi connectivity index (χ0v) is 22.6. The molecule has 30 heavy (non-hydrogen) atoms. The van der Waals surface area contributed by atoms with Gasteiger partial charge < -0.3 is 14.1 Å². The molecule has 0 bridgehead atoms. The summed E-state index contributed by atoms with van der Waals surface area (Å²) in [6.45, 7) is 29.3. The van der Waals surface area contributed by atoms with Gasteiger partial charge in [-0.15, -0.1) is 6.58 Å². The van der Waals surface area contributed by atoms with Crippen molar-refractivity contribution < 1.29 is 14.0 Å². The van der Waals surface area contributed by atoms with Crippen LogP contribution in [0.15, 0.2) is 24.8 Å². The van der Waals surface area contributed by atoms with Crippen molar-refractivity contribution in [3.8, 4) is 0 Å². The number of hydrogen-bond acceptors (Lipinski definition) is 3. The van der Waals surface area contributed by atoms with Crippen molar-refractivity contribution >= 4 is 14.4 Å². The summed E-state index contributed by atoms with van der Waals surface area (Å²) in [5.41, 5.74) is 1.07. The summed E-state index contributed by atoms with van der Waals surface area (Å²) in [7, 11) is -1.97. The highest BCUT2D eigenvalue weighted by Crippen LogP contribution is 2.42. The Bertz CT molecular complexity index is 525. The van der Waals surface area contributed by atoms with Gasteiger partial charge >= 0.3 is 6.09 Å². The summed E-state index contributed by atoms with van der Waals surface area (Å²) < 4.78 is 12.5. The SMILES string of the molecule is C=CCN(C[C@@H](/C=C/C(C)C)CO[Si](C(C)C)(C(C)C)C(C)C)C(=O)OC(C)(C)C. The third-order valence-corrected chi connectivity index (χ3v) is 11.6. The minimum absolute atomic E-state index is 0.114. The van der Waals surface area contributed by atoms with Crippen molar-refractivity contribution in [2.45, 2.75) is 98.4 Å². The first-order valence-electron chi connectivity index (χ1n) is 11.6. The number of carbonyl (C=O) groups is 1. The van der Waals surface area contributed by atoms with Gasteiger partial charge in [0.25, 0.3) is 0 Å². The predicted molar refractivity (Wildman–Crippen MR) is 132 cm³/mol. The van der Waals surface area contributed by atoms with Crippen molar-refractivity contribution in [3.05, 3.63) is 24.8 Å². The Balaban J connectivity index is 5.67. The molecule has 0 spiro atoms. The Hall–Kier alpha value is -1.07. The van der Waals surface area contributed by atoms with Gasteiger partial charge in [-0.1, -0.05) is 73.6 Å². The fourth-order valence-corrected chi connectivity index (χ4v) is 9.79. The van der Waals surface area contributed by atoms with Gasteiger partial charge in [-0.05, 0) is 43.3 Å². The van der Waals surface area contributed by atoms with E-state index in [4.69, 9.17) is 9.16 Å². The van der Waals surface area contributed by atoms with E-state index in [0.29, 0.717) is 42.2 Å². The van der Waals surface area contributed by atoms with E-state index in [1.54, 1.807) is 11.0 Å². The van der Waals surface area contributed by atoms with Crippen molar-refractivity contribution in [1.82, 2.24) is 4.90 Å². The molecule has 176 valence electrons. The van der Waals surface area contributed by atoms with Gasteiger partial charge in [-0.25, -0.2) is 4.79 Å². The lowest BCUT2D eigenvalue weighted by Gasteiger charge is -2.43. The molecule has 5 heteroatoms. The van der Waals surface area contributed by atoms with E-state index in [1.807, 2.05) is 20.8 Å². The Labute approximate surface area is 188 Å². The Morgan fingerprint density at radius 3 is 1.83 bits per heavy atom. The summed E-state index contributed by atoms with van der Waals surface area (Å²) in [5, 5.41) is 0. The van der Waals surface area contributed by atoms with Gasteiger partial charge in [0, 0.05) is 25.6 Å². The fraction of sp³-hybridized carbons (Fsp3) is 0.800. The first-order chi connectivity index (χ1) is 13.7. The molecule has 1 atom stereocenters. The molecule has 0 rings (SSSR count). The van der Waals surface area contributed by atoms with Crippen molar-refractivity contribution in [2.75, 3.05) is 19.7 Å². The highest BCUT2D eigenvalue weighted by atomic mass is 28.4. The summed E-state index contributed by atoms with van der Waals surface area (Å²) in [5.74, 6) is 0.562. The molecule has 0 aromatic heterocycles. The van der Waals surface area contributed by atoms with Crippen LogP contribution in [0.5, 0.6) is 0 Å². The van der Waals surface area contributed by atoms with E-state index >= 15 is 0 Å². The number of ether oxygens (including phenoxy) is 1. The molecule has 0 aliphatic heterocycles. The maximum Gasteiger partial charge on any atom is 0.410 e. The van der Waals surface area contributed by atoms with Crippen molar-refractivity contribution in [1.29, 1.82) is 0 Å². The Kier molecular flexibility index (Phi) is 12.2. The third-order valence-electron chi connectivity index (χ3n) is 5.48. The topological polar surface area (TPSA) is 38.8 Å². The number of hydrogen-bond donors (Lipinski definition) is 0. The summed E-state index contributed by atoms with van der Waals surface area (Å²) in [4.78, 5) is 14.5. The van der Waals surface area contributed by atoms with Gasteiger partial charge in [0.1, 0.15) is 5.60 Å². The van der Waals surface area contributed by atoms with Crippen molar-refractivity contribution in [3.63, 3.8) is 0 Å². The second kappa shape index (κ2) is 12.7. The average Bonchev–Trinajstić information content (AvgIpc) is 2.56. The zero-order valence-electron chi connectivity index (χ0n) is 21.6. The molecular formula is C25H49NO3Si. The number of allylic oxidation sites excluding steroid dienone is 1. The second-order valence-electron chi connectivity index (χ2n) is 10.7. The smallest absolute Gasteiger partial charge is 0.410 e.